The first-order valence-corrected chi connectivity index (χ1v) is 4.91. The van der Waals surface area contributed by atoms with E-state index in [1.54, 1.807) is 4.90 Å². The summed E-state index contributed by atoms with van der Waals surface area (Å²) in [6.45, 7) is 5.28. The Morgan fingerprint density at radius 3 is 3.00 bits per heavy atom. The van der Waals surface area contributed by atoms with Crippen molar-refractivity contribution in [2.45, 2.75) is 25.9 Å². The van der Waals surface area contributed by atoms with Crippen LogP contribution in [0.25, 0.3) is 0 Å². The van der Waals surface area contributed by atoms with Gasteiger partial charge in [0, 0.05) is 12.6 Å². The summed E-state index contributed by atoms with van der Waals surface area (Å²) in [7, 11) is 0. The number of urea groups is 1. The minimum atomic E-state index is -0.206. The third-order valence-corrected chi connectivity index (χ3v) is 2.11. The average Bonchev–Trinajstić information content (AvgIpc) is 2.16. The van der Waals surface area contributed by atoms with Crippen LogP contribution < -0.4 is 5.32 Å². The minimum absolute atomic E-state index is 0.0501. The van der Waals surface area contributed by atoms with E-state index in [2.05, 4.69) is 5.32 Å². The molecule has 5 nitrogen and oxygen atoms in total. The van der Waals surface area contributed by atoms with Crippen molar-refractivity contribution in [1.82, 2.24) is 10.2 Å². The molecular formula is C9H18N2O3. The summed E-state index contributed by atoms with van der Waals surface area (Å²) in [6, 6.07) is -0.213. The third kappa shape index (κ3) is 2.85. The van der Waals surface area contributed by atoms with Gasteiger partial charge in [0.2, 0.25) is 0 Å². The fourth-order valence-electron chi connectivity index (χ4n) is 1.40. The van der Waals surface area contributed by atoms with Crippen LogP contribution in [-0.2, 0) is 4.74 Å². The van der Waals surface area contributed by atoms with Crippen molar-refractivity contribution in [3.63, 3.8) is 0 Å². The number of carbonyl (C=O) groups excluding carboxylic acids is 1. The third-order valence-electron chi connectivity index (χ3n) is 2.11. The number of amides is 2. The smallest absolute Gasteiger partial charge is 0.318 e. The number of morpholine rings is 1. The van der Waals surface area contributed by atoms with Gasteiger partial charge < -0.3 is 20.1 Å². The van der Waals surface area contributed by atoms with E-state index in [1.807, 2.05) is 13.8 Å². The van der Waals surface area contributed by atoms with Gasteiger partial charge in [-0.2, -0.15) is 0 Å². The van der Waals surface area contributed by atoms with Crippen LogP contribution in [0.1, 0.15) is 13.8 Å². The second-order valence-corrected chi connectivity index (χ2v) is 3.71. The quantitative estimate of drug-likeness (QED) is 0.651. The molecule has 0 spiro atoms. The van der Waals surface area contributed by atoms with E-state index < -0.39 is 0 Å². The number of ether oxygens (including phenoxy) is 1. The van der Waals surface area contributed by atoms with Crippen molar-refractivity contribution in [2.24, 2.45) is 0 Å². The molecule has 2 N–H and O–H groups in total. The van der Waals surface area contributed by atoms with Crippen molar-refractivity contribution in [1.29, 1.82) is 0 Å². The molecule has 5 heteroatoms. The Bertz CT molecular complexity index is 196. The van der Waals surface area contributed by atoms with E-state index in [0.29, 0.717) is 19.8 Å². The zero-order valence-corrected chi connectivity index (χ0v) is 8.69. The van der Waals surface area contributed by atoms with Crippen molar-refractivity contribution in [2.75, 3.05) is 26.4 Å². The molecule has 0 radical (unpaired) electrons. The molecule has 1 heterocycles. The Labute approximate surface area is 84.0 Å². The number of hydrogen-bond donors (Lipinski definition) is 2. The van der Waals surface area contributed by atoms with Crippen LogP contribution >= 0.6 is 0 Å². The number of carbonyl (C=O) groups is 1. The molecule has 1 atom stereocenters. The normalized spacial score (nSPS) is 22.6. The molecule has 0 aromatic heterocycles. The summed E-state index contributed by atoms with van der Waals surface area (Å²) in [4.78, 5) is 13.3. The number of aliphatic hydroxyl groups is 1. The summed E-state index contributed by atoms with van der Waals surface area (Å²) < 4.78 is 5.18. The molecule has 0 saturated carbocycles. The fraction of sp³-hybridized carbons (Fsp3) is 0.889. The van der Waals surface area contributed by atoms with Gasteiger partial charge in [0.05, 0.1) is 25.9 Å². The molecule has 14 heavy (non-hydrogen) atoms. The van der Waals surface area contributed by atoms with E-state index in [0.717, 1.165) is 0 Å². The zero-order chi connectivity index (χ0) is 10.6. The summed E-state index contributed by atoms with van der Waals surface area (Å²) in [6.07, 6.45) is 0. The van der Waals surface area contributed by atoms with Crippen LogP contribution in [0.15, 0.2) is 0 Å². The second kappa shape index (κ2) is 5.17. The maximum Gasteiger partial charge on any atom is 0.318 e. The highest BCUT2D eigenvalue weighted by Crippen LogP contribution is 2.06. The lowest BCUT2D eigenvalue weighted by Gasteiger charge is -2.34. The maximum absolute atomic E-state index is 11.6. The Morgan fingerprint density at radius 1 is 1.71 bits per heavy atom. The Hall–Kier alpha value is -0.810. The molecule has 1 rings (SSSR count). The number of aliphatic hydroxyl groups excluding tert-OH is 1. The van der Waals surface area contributed by atoms with Gasteiger partial charge in [-0.1, -0.05) is 0 Å². The van der Waals surface area contributed by atoms with Gasteiger partial charge in [-0.25, -0.2) is 4.79 Å². The first-order valence-electron chi connectivity index (χ1n) is 4.91. The zero-order valence-electron chi connectivity index (χ0n) is 8.69. The maximum atomic E-state index is 11.6. The lowest BCUT2D eigenvalue weighted by atomic mass is 10.2. The number of rotatable bonds is 2. The SMILES string of the molecule is CC(C)NC(=O)N1CCOCC1CO. The molecule has 2 amide bonds. The topological polar surface area (TPSA) is 61.8 Å². The van der Waals surface area contributed by atoms with Crippen LogP contribution in [0.2, 0.25) is 0 Å². The van der Waals surface area contributed by atoms with E-state index in [1.165, 1.54) is 0 Å². The highest BCUT2D eigenvalue weighted by Gasteiger charge is 2.26. The molecule has 1 fully saturated rings. The highest BCUT2D eigenvalue weighted by atomic mass is 16.5. The number of nitrogens with one attached hydrogen (secondary N) is 1. The van der Waals surface area contributed by atoms with Gasteiger partial charge in [-0.3, -0.25) is 0 Å². The predicted octanol–water partition coefficient (Wildman–Crippen LogP) is -0.203. The average molecular weight is 202 g/mol. The summed E-state index contributed by atoms with van der Waals surface area (Å²) in [5.41, 5.74) is 0. The summed E-state index contributed by atoms with van der Waals surface area (Å²) in [5, 5.41) is 11.8. The molecule has 1 saturated heterocycles. The molecule has 0 aliphatic carbocycles. The molecular weight excluding hydrogens is 184 g/mol. The van der Waals surface area contributed by atoms with Gasteiger partial charge in [0.1, 0.15) is 0 Å². The lowest BCUT2D eigenvalue weighted by Crippen LogP contribution is -2.54. The Balaban J connectivity index is 2.50. The van der Waals surface area contributed by atoms with Crippen molar-refractivity contribution < 1.29 is 14.6 Å². The predicted molar refractivity (Wildman–Crippen MR) is 52.1 cm³/mol. The van der Waals surface area contributed by atoms with Crippen molar-refractivity contribution >= 4 is 6.03 Å². The summed E-state index contributed by atoms with van der Waals surface area (Å²) in [5.74, 6) is 0. The lowest BCUT2D eigenvalue weighted by molar-refractivity contribution is -0.00793. The highest BCUT2D eigenvalue weighted by molar-refractivity contribution is 5.74. The van der Waals surface area contributed by atoms with E-state index in [4.69, 9.17) is 9.84 Å². The van der Waals surface area contributed by atoms with E-state index in [-0.39, 0.29) is 24.7 Å². The molecule has 1 unspecified atom stereocenters. The molecule has 0 aromatic rings. The molecule has 0 bridgehead atoms. The van der Waals surface area contributed by atoms with Gasteiger partial charge in [0.25, 0.3) is 0 Å². The fourth-order valence-corrected chi connectivity index (χ4v) is 1.40. The minimum Gasteiger partial charge on any atom is -0.394 e. The van der Waals surface area contributed by atoms with E-state index in [9.17, 15) is 4.79 Å². The first kappa shape index (κ1) is 11.3. The first-order chi connectivity index (χ1) is 6.65. The number of hydrogen-bond acceptors (Lipinski definition) is 3. The molecule has 82 valence electrons. The van der Waals surface area contributed by atoms with Crippen LogP contribution in [0, 0.1) is 0 Å². The van der Waals surface area contributed by atoms with Crippen molar-refractivity contribution in [3.8, 4) is 0 Å². The van der Waals surface area contributed by atoms with Gasteiger partial charge >= 0.3 is 6.03 Å². The van der Waals surface area contributed by atoms with Crippen molar-refractivity contribution in [3.05, 3.63) is 0 Å². The standard InChI is InChI=1S/C9H18N2O3/c1-7(2)10-9(13)11-3-4-14-6-8(11)5-12/h7-8,12H,3-6H2,1-2H3,(H,10,13). The number of nitrogens with zero attached hydrogens (tertiary/aromatic N) is 1. The Morgan fingerprint density at radius 2 is 2.43 bits per heavy atom. The molecule has 1 aliphatic rings. The van der Waals surface area contributed by atoms with Crippen LogP contribution in [-0.4, -0.2) is 54.5 Å². The van der Waals surface area contributed by atoms with Gasteiger partial charge in [-0.05, 0) is 13.8 Å². The molecule has 1 aliphatic heterocycles. The monoisotopic (exact) mass is 202 g/mol. The summed E-state index contributed by atoms with van der Waals surface area (Å²) >= 11 is 0. The van der Waals surface area contributed by atoms with Crippen LogP contribution in [0.4, 0.5) is 4.79 Å². The second-order valence-electron chi connectivity index (χ2n) is 3.71. The Kier molecular flexibility index (Phi) is 4.16. The van der Waals surface area contributed by atoms with E-state index >= 15 is 0 Å². The van der Waals surface area contributed by atoms with Crippen LogP contribution in [0.3, 0.4) is 0 Å². The van der Waals surface area contributed by atoms with Crippen LogP contribution in [0.5, 0.6) is 0 Å². The van der Waals surface area contributed by atoms with Gasteiger partial charge in [-0.15, -0.1) is 0 Å². The largest absolute Gasteiger partial charge is 0.394 e. The van der Waals surface area contributed by atoms with Gasteiger partial charge in [0.15, 0.2) is 0 Å². The molecule has 0 aromatic carbocycles.